The molecule has 0 aliphatic heterocycles. The Labute approximate surface area is 139 Å². The van der Waals surface area contributed by atoms with Crippen LogP contribution in [0.3, 0.4) is 0 Å². The van der Waals surface area contributed by atoms with Gasteiger partial charge in [-0.25, -0.2) is 0 Å². The minimum absolute atomic E-state index is 0.176. The van der Waals surface area contributed by atoms with Crippen molar-refractivity contribution in [2.24, 2.45) is 5.73 Å². The first-order valence-electron chi connectivity index (χ1n) is 8.18. The van der Waals surface area contributed by atoms with E-state index >= 15 is 0 Å². The van der Waals surface area contributed by atoms with Gasteiger partial charge in [0, 0.05) is 11.2 Å². The molecule has 1 heterocycles. The van der Waals surface area contributed by atoms with Crippen LogP contribution in [-0.2, 0) is 17.8 Å². The lowest BCUT2D eigenvalue weighted by atomic mass is 9.91. The number of nitrogens with zero attached hydrogens (tertiary/aromatic N) is 3. The van der Waals surface area contributed by atoms with Gasteiger partial charge in [0.15, 0.2) is 5.16 Å². The molecule has 0 unspecified atom stereocenters. The lowest BCUT2D eigenvalue weighted by Gasteiger charge is -2.24. The summed E-state index contributed by atoms with van der Waals surface area (Å²) in [5.41, 5.74) is 8.25. The van der Waals surface area contributed by atoms with Crippen molar-refractivity contribution in [1.29, 1.82) is 0 Å². The molecule has 0 bridgehead atoms. The maximum Gasteiger partial charge on any atom is 0.237 e. The number of carbonyl (C=O) groups excluding carboxylic acids is 1. The molecule has 2 aromatic rings. The van der Waals surface area contributed by atoms with Crippen molar-refractivity contribution in [1.82, 2.24) is 14.8 Å². The number of primary amides is 1. The van der Waals surface area contributed by atoms with E-state index in [4.69, 9.17) is 5.73 Å². The summed E-state index contributed by atoms with van der Waals surface area (Å²) in [5.74, 6) is 1.04. The van der Waals surface area contributed by atoms with E-state index in [1.165, 1.54) is 17.5 Å². The van der Waals surface area contributed by atoms with Crippen LogP contribution in [0.4, 0.5) is 0 Å². The quantitative estimate of drug-likeness (QED) is 0.916. The van der Waals surface area contributed by atoms with Gasteiger partial charge in [0.05, 0.1) is 0 Å². The molecule has 1 aromatic heterocycles. The predicted molar refractivity (Wildman–Crippen MR) is 89.2 cm³/mol. The number of nitrogens with two attached hydrogens (primary N) is 1. The maximum absolute atomic E-state index is 11.4. The first-order chi connectivity index (χ1) is 11.2. The van der Waals surface area contributed by atoms with Crippen molar-refractivity contribution < 1.29 is 4.79 Å². The first-order valence-corrected chi connectivity index (χ1v) is 9.06. The Bertz CT molecular complexity index is 738. The van der Waals surface area contributed by atoms with Gasteiger partial charge < -0.3 is 5.73 Å². The number of amides is 1. The molecular formula is C17H20N4OS. The number of benzene rings is 1. The molecule has 23 heavy (non-hydrogen) atoms. The van der Waals surface area contributed by atoms with Crippen LogP contribution in [0.1, 0.15) is 53.8 Å². The predicted octanol–water partition coefficient (Wildman–Crippen LogP) is 2.81. The molecule has 4 rings (SSSR count). The van der Waals surface area contributed by atoms with Crippen LogP contribution >= 0.6 is 11.8 Å². The first kappa shape index (κ1) is 14.8. The molecule has 1 saturated carbocycles. The largest absolute Gasteiger partial charge is 0.368 e. The van der Waals surface area contributed by atoms with Crippen LogP contribution in [0.2, 0.25) is 0 Å². The van der Waals surface area contributed by atoms with Gasteiger partial charge in [-0.3, -0.25) is 9.36 Å². The summed E-state index contributed by atoms with van der Waals surface area (Å²) >= 11 is 1.72. The van der Waals surface area contributed by atoms with Crippen molar-refractivity contribution >= 4 is 17.7 Å². The van der Waals surface area contributed by atoms with E-state index in [1.54, 1.807) is 11.8 Å². The number of aryl methyl sites for hydroxylation is 1. The number of hydrogen-bond acceptors (Lipinski definition) is 4. The second-order valence-electron chi connectivity index (χ2n) is 6.37. The van der Waals surface area contributed by atoms with Crippen molar-refractivity contribution in [3.05, 3.63) is 41.2 Å². The number of thioether (sulfide) groups is 1. The highest BCUT2D eigenvalue weighted by Crippen LogP contribution is 2.45. The molecule has 1 fully saturated rings. The fourth-order valence-corrected chi connectivity index (χ4v) is 4.56. The molecular weight excluding hydrogens is 308 g/mol. The van der Waals surface area contributed by atoms with Crippen molar-refractivity contribution in [3.63, 3.8) is 0 Å². The molecule has 2 aliphatic rings. The Kier molecular flexibility index (Phi) is 3.85. The summed E-state index contributed by atoms with van der Waals surface area (Å²) in [6.45, 7) is 0.176. The van der Waals surface area contributed by atoms with E-state index in [9.17, 15) is 4.79 Å². The molecule has 5 nitrogen and oxygen atoms in total. The summed E-state index contributed by atoms with van der Waals surface area (Å²) in [6, 6.07) is 8.63. The highest BCUT2D eigenvalue weighted by atomic mass is 32.2. The van der Waals surface area contributed by atoms with Crippen LogP contribution in [0.15, 0.2) is 29.4 Å². The molecule has 2 N–H and O–H groups in total. The Morgan fingerprint density at radius 2 is 2.09 bits per heavy atom. The van der Waals surface area contributed by atoms with Gasteiger partial charge in [-0.2, -0.15) is 0 Å². The van der Waals surface area contributed by atoms with Crippen LogP contribution < -0.4 is 5.73 Å². The van der Waals surface area contributed by atoms with Crippen LogP contribution in [0, 0.1) is 0 Å². The van der Waals surface area contributed by atoms with Gasteiger partial charge in [0.2, 0.25) is 5.91 Å². The van der Waals surface area contributed by atoms with Gasteiger partial charge in [0.25, 0.3) is 0 Å². The minimum atomic E-state index is -0.336. The summed E-state index contributed by atoms with van der Waals surface area (Å²) in [4.78, 5) is 11.4. The molecule has 0 saturated heterocycles. The maximum atomic E-state index is 11.4. The minimum Gasteiger partial charge on any atom is -0.368 e. The van der Waals surface area contributed by atoms with Gasteiger partial charge >= 0.3 is 0 Å². The Hall–Kier alpha value is -1.82. The molecule has 6 heteroatoms. The fourth-order valence-electron chi connectivity index (χ4n) is 3.29. The number of fused-ring (bicyclic) bond motifs is 1. The monoisotopic (exact) mass is 328 g/mol. The average Bonchev–Trinajstić information content (AvgIpc) is 3.32. The topological polar surface area (TPSA) is 73.8 Å². The Morgan fingerprint density at radius 1 is 1.26 bits per heavy atom. The lowest BCUT2D eigenvalue weighted by Crippen LogP contribution is -2.21. The third kappa shape index (κ3) is 3.00. The zero-order chi connectivity index (χ0) is 15.8. The number of aromatic nitrogens is 3. The SMILES string of the molecule is NC(=O)Cn1c(S[C@H]2CCCc3ccccc32)nnc1C1CC1. The summed E-state index contributed by atoms with van der Waals surface area (Å²) < 4.78 is 1.93. The van der Waals surface area contributed by atoms with E-state index in [-0.39, 0.29) is 12.5 Å². The van der Waals surface area contributed by atoms with Gasteiger partial charge in [0.1, 0.15) is 12.4 Å². The average molecular weight is 328 g/mol. The zero-order valence-corrected chi connectivity index (χ0v) is 13.8. The second-order valence-corrected chi connectivity index (χ2v) is 7.53. The van der Waals surface area contributed by atoms with Crippen molar-refractivity contribution in [3.8, 4) is 0 Å². The van der Waals surface area contributed by atoms with E-state index in [0.717, 1.165) is 36.7 Å². The van der Waals surface area contributed by atoms with E-state index in [1.807, 2.05) is 4.57 Å². The smallest absolute Gasteiger partial charge is 0.237 e. The molecule has 2 aliphatic carbocycles. The zero-order valence-electron chi connectivity index (χ0n) is 12.9. The Balaban J connectivity index is 1.63. The van der Waals surface area contributed by atoms with Crippen molar-refractivity contribution in [2.45, 2.75) is 55.0 Å². The summed E-state index contributed by atoms with van der Waals surface area (Å²) in [5, 5.41) is 9.91. The summed E-state index contributed by atoms with van der Waals surface area (Å²) in [6.07, 6.45) is 5.73. The normalized spacial score (nSPS) is 20.3. The third-order valence-corrected chi connectivity index (χ3v) is 5.85. The fraction of sp³-hybridized carbons (Fsp3) is 0.471. The number of rotatable bonds is 5. The molecule has 120 valence electrons. The van der Waals surface area contributed by atoms with Gasteiger partial charge in [-0.05, 0) is 43.2 Å². The molecule has 1 atom stereocenters. The van der Waals surface area contributed by atoms with Crippen molar-refractivity contribution in [2.75, 3.05) is 0 Å². The molecule has 0 spiro atoms. The van der Waals surface area contributed by atoms with E-state index in [2.05, 4.69) is 34.5 Å². The number of hydrogen-bond donors (Lipinski definition) is 1. The third-order valence-electron chi connectivity index (χ3n) is 4.56. The second kappa shape index (κ2) is 6.00. The standard InChI is InChI=1S/C17H20N4OS/c18-15(22)10-21-16(12-8-9-12)19-20-17(21)23-14-7-3-5-11-4-1-2-6-13(11)14/h1-2,4,6,12,14H,3,5,7-10H2,(H2,18,22)/t14-/m0/s1. The van der Waals surface area contributed by atoms with Crippen LogP contribution in [0.25, 0.3) is 0 Å². The Morgan fingerprint density at radius 3 is 2.87 bits per heavy atom. The van der Waals surface area contributed by atoms with Gasteiger partial charge in [-0.1, -0.05) is 36.0 Å². The number of carbonyl (C=O) groups is 1. The molecule has 1 amide bonds. The van der Waals surface area contributed by atoms with E-state index < -0.39 is 0 Å². The van der Waals surface area contributed by atoms with Crippen LogP contribution in [-0.4, -0.2) is 20.7 Å². The molecule has 0 radical (unpaired) electrons. The van der Waals surface area contributed by atoms with Crippen LogP contribution in [0.5, 0.6) is 0 Å². The lowest BCUT2D eigenvalue weighted by molar-refractivity contribution is -0.118. The highest BCUT2D eigenvalue weighted by Gasteiger charge is 2.32. The van der Waals surface area contributed by atoms with Gasteiger partial charge in [-0.15, -0.1) is 10.2 Å². The summed E-state index contributed by atoms with van der Waals surface area (Å²) in [7, 11) is 0. The highest BCUT2D eigenvalue weighted by molar-refractivity contribution is 7.99. The van der Waals surface area contributed by atoms with E-state index in [0.29, 0.717) is 11.2 Å². The molecule has 1 aromatic carbocycles.